The second-order valence-corrected chi connectivity index (χ2v) is 4.02. The lowest BCUT2D eigenvalue weighted by molar-refractivity contribution is -0.148. The third-order valence-electron chi connectivity index (χ3n) is 2.87. The molecule has 0 bridgehead atoms. The van der Waals surface area contributed by atoms with Crippen LogP contribution >= 0.6 is 0 Å². The van der Waals surface area contributed by atoms with Crippen molar-refractivity contribution in [3.8, 4) is 11.1 Å². The monoisotopic (exact) mass is 260 g/mol. The van der Waals surface area contributed by atoms with Gasteiger partial charge in [-0.05, 0) is 17.2 Å². The Morgan fingerprint density at radius 3 is 2.26 bits per heavy atom. The van der Waals surface area contributed by atoms with Gasteiger partial charge in [-0.15, -0.1) is 0 Å². The van der Waals surface area contributed by atoms with Crippen LogP contribution in [0, 0.1) is 5.82 Å². The zero-order valence-corrected chi connectivity index (χ0v) is 10.3. The predicted octanol–water partition coefficient (Wildman–Crippen LogP) is 3.26. The molecule has 0 aliphatic carbocycles. The smallest absolute Gasteiger partial charge is 0.337 e. The first-order chi connectivity index (χ1) is 9.15. The predicted molar refractivity (Wildman–Crippen MR) is 69.2 cm³/mol. The van der Waals surface area contributed by atoms with Crippen molar-refractivity contribution in [1.82, 2.24) is 0 Å². The van der Waals surface area contributed by atoms with Crippen LogP contribution in [0.2, 0.25) is 0 Å². The number of carbonyl (C=O) groups is 1. The zero-order valence-electron chi connectivity index (χ0n) is 10.3. The average Bonchev–Trinajstić information content (AvgIpc) is 2.40. The maximum atomic E-state index is 13.8. The summed E-state index contributed by atoms with van der Waals surface area (Å²) in [5.41, 5.74) is 1.32. The molecule has 0 amide bonds. The van der Waals surface area contributed by atoms with Crippen molar-refractivity contribution in [1.29, 1.82) is 0 Å². The first kappa shape index (κ1) is 13.2. The Bertz CT molecular complexity index is 595. The van der Waals surface area contributed by atoms with Gasteiger partial charge in [0.25, 0.3) is 0 Å². The summed E-state index contributed by atoms with van der Waals surface area (Å²) in [5.74, 6) is -1.50. The number of rotatable bonds is 4. The molecule has 2 rings (SSSR count). The van der Waals surface area contributed by atoms with Gasteiger partial charge in [0.2, 0.25) is 0 Å². The molecule has 0 aromatic heterocycles. The van der Waals surface area contributed by atoms with Crippen LogP contribution in [0.5, 0.6) is 0 Å². The summed E-state index contributed by atoms with van der Waals surface area (Å²) in [6.45, 7) is 0. The van der Waals surface area contributed by atoms with Gasteiger partial charge in [0.15, 0.2) is 6.10 Å². The molecule has 0 saturated carbocycles. The highest BCUT2D eigenvalue weighted by atomic mass is 19.1. The highest BCUT2D eigenvalue weighted by molar-refractivity contribution is 5.80. The van der Waals surface area contributed by atoms with E-state index in [2.05, 4.69) is 0 Å². The van der Waals surface area contributed by atoms with Gasteiger partial charge in [-0.1, -0.05) is 42.5 Å². The maximum Gasteiger partial charge on any atom is 0.337 e. The molecule has 19 heavy (non-hydrogen) atoms. The number of halogens is 1. The van der Waals surface area contributed by atoms with Gasteiger partial charge >= 0.3 is 5.97 Å². The molecule has 0 saturated heterocycles. The lowest BCUT2D eigenvalue weighted by Crippen LogP contribution is -2.14. The van der Waals surface area contributed by atoms with E-state index in [0.29, 0.717) is 16.7 Å². The summed E-state index contributed by atoms with van der Waals surface area (Å²) in [4.78, 5) is 11.2. The van der Waals surface area contributed by atoms with Gasteiger partial charge in [-0.2, -0.15) is 0 Å². The average molecular weight is 260 g/mol. The number of benzene rings is 2. The van der Waals surface area contributed by atoms with Crippen molar-refractivity contribution in [3.05, 3.63) is 59.9 Å². The molecular weight excluding hydrogens is 247 g/mol. The molecule has 0 aliphatic rings. The second kappa shape index (κ2) is 5.63. The highest BCUT2D eigenvalue weighted by Crippen LogP contribution is 2.31. The fraction of sp³-hybridized carbons (Fsp3) is 0.133. The maximum absolute atomic E-state index is 13.8. The van der Waals surface area contributed by atoms with Crippen molar-refractivity contribution in [3.63, 3.8) is 0 Å². The van der Waals surface area contributed by atoms with Crippen LogP contribution in [0.15, 0.2) is 48.5 Å². The Balaban J connectivity index is 2.59. The van der Waals surface area contributed by atoms with Crippen molar-refractivity contribution >= 4 is 5.97 Å². The minimum Gasteiger partial charge on any atom is -0.479 e. The van der Waals surface area contributed by atoms with Gasteiger partial charge in [-0.3, -0.25) is 0 Å². The molecule has 2 aromatic rings. The number of methoxy groups -OCH3 is 1. The van der Waals surface area contributed by atoms with Crippen LogP contribution in [0.25, 0.3) is 11.1 Å². The summed E-state index contributed by atoms with van der Waals surface area (Å²) >= 11 is 0. The molecule has 98 valence electrons. The van der Waals surface area contributed by atoms with E-state index in [1.54, 1.807) is 42.5 Å². The summed E-state index contributed by atoms with van der Waals surface area (Å²) in [6.07, 6.45) is -1.11. The molecule has 0 fully saturated rings. The van der Waals surface area contributed by atoms with E-state index in [1.165, 1.54) is 13.2 Å². The SMILES string of the molecule is COC(C(=O)O)c1ccccc1-c1ccccc1F. The van der Waals surface area contributed by atoms with Crippen LogP contribution in [-0.2, 0) is 9.53 Å². The van der Waals surface area contributed by atoms with E-state index in [9.17, 15) is 9.18 Å². The molecule has 2 aromatic carbocycles. The molecule has 0 aliphatic heterocycles. The molecule has 0 heterocycles. The topological polar surface area (TPSA) is 46.5 Å². The summed E-state index contributed by atoms with van der Waals surface area (Å²) < 4.78 is 18.8. The number of carboxylic acids is 1. The molecule has 1 unspecified atom stereocenters. The minimum absolute atomic E-state index is 0.362. The number of carboxylic acid groups (broad SMARTS) is 1. The minimum atomic E-state index is -1.11. The molecule has 3 nitrogen and oxygen atoms in total. The first-order valence-electron chi connectivity index (χ1n) is 5.74. The summed E-state index contributed by atoms with van der Waals surface area (Å²) in [6, 6.07) is 13.0. The van der Waals surface area contributed by atoms with E-state index in [0.717, 1.165) is 0 Å². The van der Waals surface area contributed by atoms with Crippen molar-refractivity contribution in [2.75, 3.05) is 7.11 Å². The largest absolute Gasteiger partial charge is 0.479 e. The van der Waals surface area contributed by atoms with Crippen LogP contribution in [-0.4, -0.2) is 18.2 Å². The van der Waals surface area contributed by atoms with E-state index in [1.807, 2.05) is 0 Å². The summed E-state index contributed by atoms with van der Waals surface area (Å²) in [7, 11) is 1.32. The second-order valence-electron chi connectivity index (χ2n) is 4.02. The van der Waals surface area contributed by atoms with E-state index in [4.69, 9.17) is 9.84 Å². The Morgan fingerprint density at radius 1 is 1.11 bits per heavy atom. The molecular formula is C15H13FO3. The molecule has 4 heteroatoms. The third-order valence-corrected chi connectivity index (χ3v) is 2.87. The van der Waals surface area contributed by atoms with E-state index in [-0.39, 0.29) is 0 Å². The zero-order chi connectivity index (χ0) is 13.8. The Morgan fingerprint density at radius 2 is 1.68 bits per heavy atom. The number of hydrogen-bond acceptors (Lipinski definition) is 2. The van der Waals surface area contributed by atoms with E-state index >= 15 is 0 Å². The Hall–Kier alpha value is -2.20. The van der Waals surface area contributed by atoms with Crippen molar-refractivity contribution in [2.24, 2.45) is 0 Å². The Kier molecular flexibility index (Phi) is 3.92. The normalized spacial score (nSPS) is 12.1. The van der Waals surface area contributed by atoms with Crippen LogP contribution in [0.1, 0.15) is 11.7 Å². The van der Waals surface area contributed by atoms with Gasteiger partial charge in [0.1, 0.15) is 5.82 Å². The first-order valence-corrected chi connectivity index (χ1v) is 5.74. The van der Waals surface area contributed by atoms with Gasteiger partial charge in [0, 0.05) is 12.7 Å². The van der Waals surface area contributed by atoms with Crippen LogP contribution < -0.4 is 0 Å². The molecule has 1 atom stereocenters. The van der Waals surface area contributed by atoms with Crippen LogP contribution in [0.3, 0.4) is 0 Å². The van der Waals surface area contributed by atoms with Gasteiger partial charge < -0.3 is 9.84 Å². The highest BCUT2D eigenvalue weighted by Gasteiger charge is 2.23. The number of hydrogen-bond donors (Lipinski definition) is 1. The molecule has 1 N–H and O–H groups in total. The van der Waals surface area contributed by atoms with E-state index < -0.39 is 17.9 Å². The van der Waals surface area contributed by atoms with Gasteiger partial charge in [0.05, 0.1) is 0 Å². The fourth-order valence-corrected chi connectivity index (χ4v) is 2.01. The molecule has 0 spiro atoms. The lowest BCUT2D eigenvalue weighted by Gasteiger charge is -2.16. The fourth-order valence-electron chi connectivity index (χ4n) is 2.01. The van der Waals surface area contributed by atoms with Crippen LogP contribution in [0.4, 0.5) is 4.39 Å². The Labute approximate surface area is 110 Å². The lowest BCUT2D eigenvalue weighted by atomic mass is 9.96. The van der Waals surface area contributed by atoms with Crippen molar-refractivity contribution < 1.29 is 19.0 Å². The molecule has 0 radical (unpaired) electrons. The number of ether oxygens (including phenoxy) is 1. The quantitative estimate of drug-likeness (QED) is 0.917. The third kappa shape index (κ3) is 2.63. The van der Waals surface area contributed by atoms with Gasteiger partial charge in [-0.25, -0.2) is 9.18 Å². The number of aliphatic carboxylic acids is 1. The van der Waals surface area contributed by atoms with Crippen molar-refractivity contribution in [2.45, 2.75) is 6.10 Å². The standard InChI is InChI=1S/C15H13FO3/c1-19-14(15(17)18)12-8-3-2-6-10(12)11-7-4-5-9-13(11)16/h2-9,14H,1H3,(H,17,18). The summed E-state index contributed by atoms with van der Waals surface area (Å²) in [5, 5.41) is 9.15.